The van der Waals surface area contributed by atoms with Crippen LogP contribution < -0.4 is 5.32 Å². The van der Waals surface area contributed by atoms with Crippen LogP contribution >= 0.6 is 0 Å². The minimum atomic E-state index is 0.143. The van der Waals surface area contributed by atoms with E-state index in [9.17, 15) is 9.59 Å². The Morgan fingerprint density at radius 2 is 0.974 bits per heavy atom. The van der Waals surface area contributed by atoms with Crippen molar-refractivity contribution in [2.24, 2.45) is 0 Å². The van der Waals surface area contributed by atoms with Gasteiger partial charge in [0.1, 0.15) is 0 Å². The molecule has 3 heteroatoms. The summed E-state index contributed by atoms with van der Waals surface area (Å²) in [7, 11) is 0. The topological polar surface area (TPSA) is 46.2 Å². The van der Waals surface area contributed by atoms with Gasteiger partial charge >= 0.3 is 0 Å². The summed E-state index contributed by atoms with van der Waals surface area (Å²) in [5, 5.41) is 3.32. The van der Waals surface area contributed by atoms with Crippen LogP contribution in [-0.4, -0.2) is 24.8 Å². The second kappa shape index (κ2) is 17.6. The van der Waals surface area contributed by atoms with E-state index in [1.807, 2.05) is 42.1 Å². The zero-order valence-electron chi connectivity index (χ0n) is 21.7. The molecule has 0 aliphatic carbocycles. The summed E-state index contributed by atoms with van der Waals surface area (Å²) in [4.78, 5) is 22.3. The standard InChI is InChI=1S/C21H21NO.C15H2O/c1-15-3-7-17(8-4-15)11-19-13-22-14-20(21(19)23)12-18-9-5-16(2)6-10-18;1-2-3-4-5-6-7-8-9-10-11-12-13-14-15-16/h3-12,22H,13-14H2,1-2H3;1H2/b19-11+,20-12+;. The minimum absolute atomic E-state index is 0.143. The molecule has 184 valence electrons. The molecule has 1 N–H and O–H groups in total. The normalized spacial score (nSPS) is 12.5. The Morgan fingerprint density at radius 3 is 1.33 bits per heavy atom. The summed E-state index contributed by atoms with van der Waals surface area (Å²) < 4.78 is 0. The highest BCUT2D eigenvalue weighted by Gasteiger charge is 2.19. The van der Waals surface area contributed by atoms with Gasteiger partial charge in [0, 0.05) is 58.6 Å². The van der Waals surface area contributed by atoms with Crippen LogP contribution in [0.1, 0.15) is 22.3 Å². The third kappa shape index (κ3) is 12.1. The first-order valence-electron chi connectivity index (χ1n) is 11.7. The molecule has 39 heavy (non-hydrogen) atoms. The number of carbonyl (C=O) groups excluding carboxylic acids is 2. The Balaban J connectivity index is 0.000000295. The second-order valence-electron chi connectivity index (χ2n) is 7.87. The van der Waals surface area contributed by atoms with E-state index >= 15 is 0 Å². The first kappa shape index (κ1) is 29.4. The predicted octanol–water partition coefficient (Wildman–Crippen LogP) is 5.96. The van der Waals surface area contributed by atoms with Crippen molar-refractivity contribution in [2.75, 3.05) is 13.1 Å². The molecular formula is C36H23NO2. The van der Waals surface area contributed by atoms with Crippen LogP contribution in [0.4, 0.5) is 0 Å². The van der Waals surface area contributed by atoms with Crippen molar-refractivity contribution in [1.29, 1.82) is 0 Å². The van der Waals surface area contributed by atoms with Gasteiger partial charge in [-0.2, -0.15) is 0 Å². The molecular weight excluding hydrogens is 478 g/mol. The maximum Gasteiger partial charge on any atom is 0.187 e. The van der Waals surface area contributed by atoms with Crippen LogP contribution in [0.3, 0.4) is 0 Å². The summed E-state index contributed by atoms with van der Waals surface area (Å²) in [6.07, 6.45) is 3.97. The summed E-state index contributed by atoms with van der Waals surface area (Å²) in [6, 6.07) is 16.5. The van der Waals surface area contributed by atoms with Crippen molar-refractivity contribution < 1.29 is 9.59 Å². The van der Waals surface area contributed by atoms with Crippen molar-refractivity contribution in [3.63, 3.8) is 0 Å². The molecule has 1 saturated heterocycles. The molecule has 2 aromatic rings. The highest BCUT2D eigenvalue weighted by molar-refractivity contribution is 6.14. The molecule has 1 heterocycles. The van der Waals surface area contributed by atoms with Crippen molar-refractivity contribution in [1.82, 2.24) is 5.32 Å². The Hall–Kier alpha value is -5.86. The quantitative estimate of drug-likeness (QED) is 0.314. The smallest absolute Gasteiger partial charge is 0.187 e. The average Bonchev–Trinajstić information content (AvgIpc) is 2.94. The van der Waals surface area contributed by atoms with Gasteiger partial charge in [0.2, 0.25) is 0 Å². The number of hydrogen-bond acceptors (Lipinski definition) is 3. The molecule has 3 rings (SSSR count). The van der Waals surface area contributed by atoms with Crippen LogP contribution in [0, 0.1) is 13.8 Å². The minimum Gasteiger partial charge on any atom is -0.308 e. The van der Waals surface area contributed by atoms with Crippen molar-refractivity contribution in [2.45, 2.75) is 13.8 Å². The zero-order chi connectivity index (χ0) is 28.1. The van der Waals surface area contributed by atoms with Crippen molar-refractivity contribution in [3.05, 3.63) is 163 Å². The van der Waals surface area contributed by atoms with Crippen LogP contribution in [0.25, 0.3) is 12.2 Å². The zero-order valence-corrected chi connectivity index (χ0v) is 21.7. The third-order valence-corrected chi connectivity index (χ3v) is 4.88. The molecule has 0 aromatic heterocycles. The van der Waals surface area contributed by atoms with E-state index in [-0.39, 0.29) is 5.78 Å². The van der Waals surface area contributed by atoms with Gasteiger partial charge < -0.3 is 5.32 Å². The molecule has 0 radical (unpaired) electrons. The molecule has 0 saturated carbocycles. The highest BCUT2D eigenvalue weighted by atomic mass is 16.1. The van der Waals surface area contributed by atoms with Gasteiger partial charge in [-0.15, -0.1) is 0 Å². The first-order valence-corrected chi connectivity index (χ1v) is 11.7. The van der Waals surface area contributed by atoms with Crippen molar-refractivity contribution in [3.8, 4) is 0 Å². The molecule has 1 aliphatic rings. The molecule has 0 amide bonds. The Labute approximate surface area is 228 Å². The van der Waals surface area contributed by atoms with Gasteiger partial charge in [-0.3, -0.25) is 4.79 Å². The highest BCUT2D eigenvalue weighted by Crippen LogP contribution is 2.18. The Bertz CT molecular complexity index is 1680. The van der Waals surface area contributed by atoms with Crippen LogP contribution in [-0.2, 0) is 9.59 Å². The van der Waals surface area contributed by atoms with Gasteiger partial charge in [0.05, 0.1) is 0 Å². The number of nitrogens with one attached hydrogen (secondary N) is 1. The summed E-state index contributed by atoms with van der Waals surface area (Å²) in [5.41, 5.74) is 36.9. The number of Topliss-reactive ketones (excluding diaryl/α,β-unsaturated/α-hetero) is 1. The van der Waals surface area contributed by atoms with E-state index in [4.69, 9.17) is 0 Å². The van der Waals surface area contributed by atoms with E-state index in [1.54, 1.807) is 0 Å². The predicted molar refractivity (Wildman–Crippen MR) is 153 cm³/mol. The fourth-order valence-corrected chi connectivity index (χ4v) is 3.04. The van der Waals surface area contributed by atoms with Gasteiger partial charge in [0.25, 0.3) is 0 Å². The molecule has 3 nitrogen and oxygen atoms in total. The molecule has 2 aromatic carbocycles. The lowest BCUT2D eigenvalue weighted by Crippen LogP contribution is -2.32. The second-order valence-corrected chi connectivity index (χ2v) is 7.87. The largest absolute Gasteiger partial charge is 0.308 e. The number of benzene rings is 2. The number of ketones is 1. The maximum absolute atomic E-state index is 12.7. The average molecular weight is 502 g/mol. The van der Waals surface area contributed by atoms with E-state index in [2.05, 4.69) is 119 Å². The third-order valence-electron chi connectivity index (χ3n) is 4.88. The Morgan fingerprint density at radius 1 is 0.615 bits per heavy atom. The van der Waals surface area contributed by atoms with Crippen molar-refractivity contribution >= 4 is 23.9 Å². The number of rotatable bonds is 2. The molecule has 1 aliphatic heterocycles. The molecule has 0 bridgehead atoms. The maximum atomic E-state index is 12.7. The monoisotopic (exact) mass is 501 g/mol. The molecule has 0 atom stereocenters. The number of hydrogen-bond donors (Lipinski definition) is 1. The number of aryl methyl sites for hydroxylation is 2. The fraction of sp³-hybridized carbons (Fsp3) is 0.111. The van der Waals surface area contributed by atoms with Gasteiger partial charge in [0.15, 0.2) is 11.7 Å². The summed E-state index contributed by atoms with van der Waals surface area (Å²) >= 11 is 0. The molecule has 1 fully saturated rings. The van der Waals surface area contributed by atoms with E-state index in [0.29, 0.717) is 13.1 Å². The lowest BCUT2D eigenvalue weighted by Gasteiger charge is -2.18. The van der Waals surface area contributed by atoms with E-state index in [0.717, 1.165) is 22.3 Å². The lowest BCUT2D eigenvalue weighted by molar-refractivity contribution is -0.112. The summed E-state index contributed by atoms with van der Waals surface area (Å²) in [5.74, 6) is 1.52. The van der Waals surface area contributed by atoms with Crippen LogP contribution in [0.15, 0.2) is 141 Å². The van der Waals surface area contributed by atoms with Crippen LogP contribution in [0.5, 0.6) is 0 Å². The SMILES string of the molecule is C=C=C=C=C=C=C=C=C=C=C=C=C=C=C=O.Cc1ccc(/C=C2\CNC/C(=C\c3ccc(C)cc3)C2=O)cc1. The lowest BCUT2D eigenvalue weighted by atomic mass is 9.95. The number of piperidine rings is 1. The summed E-state index contributed by atoms with van der Waals surface area (Å²) in [6.45, 7) is 8.64. The van der Waals surface area contributed by atoms with E-state index in [1.165, 1.54) is 17.1 Å². The van der Waals surface area contributed by atoms with Gasteiger partial charge in [-0.05, 0) is 78.1 Å². The van der Waals surface area contributed by atoms with Crippen LogP contribution in [0.2, 0.25) is 0 Å². The van der Waals surface area contributed by atoms with Gasteiger partial charge in [-0.25, -0.2) is 4.79 Å². The number of carbonyl (C=O) groups is 1. The Kier molecular flexibility index (Phi) is 13.2. The first-order chi connectivity index (χ1) is 19.0. The van der Waals surface area contributed by atoms with E-state index < -0.39 is 0 Å². The van der Waals surface area contributed by atoms with Gasteiger partial charge in [-0.1, -0.05) is 65.4 Å². The molecule has 0 spiro atoms. The fourth-order valence-electron chi connectivity index (χ4n) is 3.04. The molecule has 0 unspecified atom stereocenters.